The van der Waals surface area contributed by atoms with E-state index in [0.29, 0.717) is 34.0 Å². The monoisotopic (exact) mass is 480 g/mol. The number of hydrogen-bond acceptors (Lipinski definition) is 9. The Hall–Kier alpha value is -2.38. The highest BCUT2D eigenvalue weighted by Gasteiger charge is 2.54. The number of aromatic nitrogens is 4. The molecule has 1 fully saturated rings. The molecule has 2 aromatic heterocycles. The molecule has 2 atom stereocenters. The van der Waals surface area contributed by atoms with Gasteiger partial charge in [0, 0.05) is 24.2 Å². The first kappa shape index (κ1) is 21.8. The molecule has 0 spiro atoms. The second kappa shape index (κ2) is 8.28. The number of hydrogen-bond donors (Lipinski definition) is 2. The van der Waals surface area contributed by atoms with E-state index in [0.717, 1.165) is 9.35 Å². The van der Waals surface area contributed by atoms with Crippen molar-refractivity contribution in [1.29, 1.82) is 0 Å². The third-order valence-electron chi connectivity index (χ3n) is 5.15. The van der Waals surface area contributed by atoms with E-state index in [9.17, 15) is 19.5 Å². The fourth-order valence-electron chi connectivity index (χ4n) is 3.60. The second-order valence-electron chi connectivity index (χ2n) is 7.16. The van der Waals surface area contributed by atoms with Gasteiger partial charge in [0.2, 0.25) is 0 Å². The maximum Gasteiger partial charge on any atom is 0.352 e. The number of aliphatic carboxylic acids is 1. The topological polar surface area (TPSA) is 130 Å². The van der Waals surface area contributed by atoms with Gasteiger partial charge in [-0.25, -0.2) is 4.79 Å². The smallest absolute Gasteiger partial charge is 0.352 e. The van der Waals surface area contributed by atoms with Crippen LogP contribution in [0.15, 0.2) is 15.6 Å². The largest absolute Gasteiger partial charge is 0.477 e. The molecule has 2 aromatic rings. The number of carboxylic acid groups (broad SMARTS) is 1. The molecule has 4 heterocycles. The minimum absolute atomic E-state index is 0.00160. The second-order valence-corrected chi connectivity index (χ2v) is 10.7. The molecule has 1 saturated heterocycles. The Balaban J connectivity index is 1.50. The van der Waals surface area contributed by atoms with Crippen LogP contribution >= 0.6 is 34.9 Å². The van der Waals surface area contributed by atoms with Crippen LogP contribution < -0.4 is 5.32 Å². The summed E-state index contributed by atoms with van der Waals surface area (Å²) in [7, 11) is 1.75. The van der Waals surface area contributed by atoms with Crippen LogP contribution in [-0.4, -0.2) is 70.7 Å². The van der Waals surface area contributed by atoms with Crippen LogP contribution in [0.4, 0.5) is 0 Å². The number of rotatable bonds is 6. The Labute approximate surface area is 190 Å². The summed E-state index contributed by atoms with van der Waals surface area (Å²) < 4.78 is 2.37. The van der Waals surface area contributed by atoms with E-state index in [1.165, 1.54) is 39.8 Å². The van der Waals surface area contributed by atoms with Crippen LogP contribution in [-0.2, 0) is 16.6 Å². The SMILES string of the molecule is Cc1nnc(SCC2=C(C(=O)O)N3C(=O)C(NC(=O)c4c(C)nn(C)c4C)C3SC2)s1. The highest BCUT2D eigenvalue weighted by Crippen LogP contribution is 2.41. The van der Waals surface area contributed by atoms with E-state index in [4.69, 9.17) is 0 Å². The Morgan fingerprint density at radius 3 is 2.61 bits per heavy atom. The van der Waals surface area contributed by atoms with Gasteiger partial charge in [-0.1, -0.05) is 23.1 Å². The van der Waals surface area contributed by atoms with E-state index >= 15 is 0 Å². The lowest BCUT2D eigenvalue weighted by Crippen LogP contribution is -2.70. The third kappa shape index (κ3) is 3.85. The number of carbonyl (C=O) groups is 3. The fraction of sp³-hybridized carbons (Fsp3) is 0.444. The van der Waals surface area contributed by atoms with Crippen molar-refractivity contribution in [3.05, 3.63) is 33.2 Å². The predicted molar refractivity (Wildman–Crippen MR) is 117 cm³/mol. The molecule has 164 valence electrons. The lowest BCUT2D eigenvalue weighted by molar-refractivity contribution is -0.148. The van der Waals surface area contributed by atoms with Gasteiger partial charge < -0.3 is 10.4 Å². The summed E-state index contributed by atoms with van der Waals surface area (Å²) in [6.45, 7) is 5.38. The van der Waals surface area contributed by atoms with Crippen LogP contribution in [0, 0.1) is 20.8 Å². The van der Waals surface area contributed by atoms with Crippen LogP contribution in [0.5, 0.6) is 0 Å². The van der Waals surface area contributed by atoms with Gasteiger partial charge in [0.15, 0.2) is 4.34 Å². The predicted octanol–water partition coefficient (Wildman–Crippen LogP) is 1.34. The van der Waals surface area contributed by atoms with Crippen molar-refractivity contribution in [2.24, 2.45) is 7.05 Å². The minimum Gasteiger partial charge on any atom is -0.477 e. The van der Waals surface area contributed by atoms with Gasteiger partial charge in [-0.05, 0) is 26.3 Å². The third-order valence-corrected chi connectivity index (χ3v) is 8.55. The van der Waals surface area contributed by atoms with Gasteiger partial charge in [0.1, 0.15) is 22.1 Å². The average molecular weight is 481 g/mol. The van der Waals surface area contributed by atoms with Gasteiger partial charge in [-0.15, -0.1) is 22.0 Å². The first-order chi connectivity index (χ1) is 14.7. The van der Waals surface area contributed by atoms with Crippen LogP contribution in [0.1, 0.15) is 26.8 Å². The molecule has 0 aromatic carbocycles. The van der Waals surface area contributed by atoms with Gasteiger partial charge in [-0.3, -0.25) is 19.2 Å². The lowest BCUT2D eigenvalue weighted by atomic mass is 10.0. The van der Waals surface area contributed by atoms with Crippen LogP contribution in [0.3, 0.4) is 0 Å². The van der Waals surface area contributed by atoms with Gasteiger partial charge in [-0.2, -0.15) is 5.10 Å². The van der Waals surface area contributed by atoms with Gasteiger partial charge in [0.05, 0.1) is 11.3 Å². The molecule has 2 unspecified atom stereocenters. The summed E-state index contributed by atoms with van der Waals surface area (Å²) in [6.07, 6.45) is 0. The lowest BCUT2D eigenvalue weighted by Gasteiger charge is -2.49. The van der Waals surface area contributed by atoms with Crippen LogP contribution in [0.2, 0.25) is 0 Å². The fourth-order valence-corrected chi connectivity index (χ4v) is 6.90. The molecule has 4 rings (SSSR count). The average Bonchev–Trinajstić information content (AvgIpc) is 3.25. The number of carboxylic acids is 1. The molecular formula is C18H20N6O4S3. The summed E-state index contributed by atoms with van der Waals surface area (Å²) in [6, 6.07) is -0.772. The summed E-state index contributed by atoms with van der Waals surface area (Å²) in [5.41, 5.74) is 2.38. The number of aryl methyl sites for hydroxylation is 3. The Morgan fingerprint density at radius 1 is 1.29 bits per heavy atom. The number of carbonyl (C=O) groups excluding carboxylic acids is 2. The molecule has 2 aliphatic rings. The van der Waals surface area contributed by atoms with Crippen molar-refractivity contribution in [3.63, 3.8) is 0 Å². The maximum atomic E-state index is 12.8. The molecule has 2 aliphatic heterocycles. The van der Waals surface area contributed by atoms with E-state index in [1.807, 2.05) is 6.92 Å². The summed E-state index contributed by atoms with van der Waals surface area (Å²) in [5, 5.41) is 25.2. The van der Waals surface area contributed by atoms with Crippen LogP contribution in [0.25, 0.3) is 0 Å². The first-order valence-corrected chi connectivity index (χ1v) is 12.2. The van der Waals surface area contributed by atoms with E-state index in [-0.39, 0.29) is 11.6 Å². The molecule has 31 heavy (non-hydrogen) atoms. The Morgan fingerprint density at radius 2 is 2.03 bits per heavy atom. The molecule has 0 aliphatic carbocycles. The van der Waals surface area contributed by atoms with Crippen molar-refractivity contribution >= 4 is 52.6 Å². The highest BCUT2D eigenvalue weighted by atomic mass is 32.2. The number of nitrogens with zero attached hydrogens (tertiary/aromatic N) is 5. The summed E-state index contributed by atoms with van der Waals surface area (Å²) >= 11 is 4.29. The van der Waals surface area contributed by atoms with E-state index in [1.54, 1.807) is 25.6 Å². The zero-order chi connectivity index (χ0) is 22.4. The van der Waals surface area contributed by atoms with Gasteiger partial charge >= 0.3 is 5.97 Å². The minimum atomic E-state index is -1.15. The Bertz CT molecular complexity index is 1120. The molecule has 0 bridgehead atoms. The highest BCUT2D eigenvalue weighted by molar-refractivity contribution is 8.01. The van der Waals surface area contributed by atoms with Gasteiger partial charge in [0.25, 0.3) is 11.8 Å². The first-order valence-electron chi connectivity index (χ1n) is 9.33. The molecule has 13 heteroatoms. The molecule has 10 nitrogen and oxygen atoms in total. The zero-order valence-corrected chi connectivity index (χ0v) is 19.7. The summed E-state index contributed by atoms with van der Waals surface area (Å²) in [4.78, 5) is 38.9. The molecule has 0 radical (unpaired) electrons. The number of fused-ring (bicyclic) bond motifs is 1. The standard InChI is InChI=1S/C18H20N6O4S3/c1-7-11(8(2)23(4)22-7)14(25)19-12-15(26)24-13(17(27)28)10(5-29-16(12)24)6-30-18-21-20-9(3)31-18/h12,16H,5-6H2,1-4H3,(H,19,25)(H,27,28). The molecule has 0 saturated carbocycles. The van der Waals surface area contributed by atoms with E-state index < -0.39 is 23.3 Å². The van der Waals surface area contributed by atoms with Crippen molar-refractivity contribution in [2.75, 3.05) is 11.5 Å². The normalized spacial score (nSPS) is 20.5. The zero-order valence-electron chi connectivity index (χ0n) is 17.2. The number of thioether (sulfide) groups is 2. The van der Waals surface area contributed by atoms with Crippen molar-refractivity contribution < 1.29 is 19.5 Å². The molecule has 2 amide bonds. The maximum absolute atomic E-state index is 12.8. The quantitative estimate of drug-likeness (QED) is 0.464. The molecular weight excluding hydrogens is 460 g/mol. The summed E-state index contributed by atoms with van der Waals surface area (Å²) in [5.74, 6) is -1.08. The van der Waals surface area contributed by atoms with Crippen molar-refractivity contribution in [1.82, 2.24) is 30.2 Å². The number of amides is 2. The van der Waals surface area contributed by atoms with Crippen molar-refractivity contribution in [2.45, 2.75) is 36.5 Å². The van der Waals surface area contributed by atoms with Crippen molar-refractivity contribution in [3.8, 4) is 0 Å². The number of β-lactam (4-membered cyclic amide) rings is 1. The molecule has 2 N–H and O–H groups in total. The van der Waals surface area contributed by atoms with E-state index in [2.05, 4.69) is 20.6 Å². The number of nitrogens with one attached hydrogen (secondary N) is 1. The Kier molecular flexibility index (Phi) is 5.83.